The van der Waals surface area contributed by atoms with Crippen molar-refractivity contribution < 1.29 is 9.42 Å². The van der Waals surface area contributed by atoms with E-state index in [0.29, 0.717) is 10.6 Å². The molecule has 2 aromatic rings. The average molecular weight is 266 g/mol. The van der Waals surface area contributed by atoms with Crippen molar-refractivity contribution in [2.24, 2.45) is 5.10 Å². The minimum atomic E-state index is -0.614. The molecule has 1 heterocycles. The molecule has 0 spiro atoms. The molecule has 18 heavy (non-hydrogen) atoms. The number of hydrazone groups is 1. The standard InChI is InChI=1S/C10H8ClN5O2/c11-7-4-2-1-3-6(7)5-13-14-10(17)8-9(12)16-18-15-8/h1-5H,(H2,12,16)(H,14,17)/b13-5-. The zero-order chi connectivity index (χ0) is 13.0. The maximum Gasteiger partial charge on any atom is 0.297 e. The first-order chi connectivity index (χ1) is 8.68. The van der Waals surface area contributed by atoms with Crippen molar-refractivity contribution >= 4 is 29.5 Å². The number of anilines is 1. The molecule has 8 heteroatoms. The number of nitrogens with one attached hydrogen (secondary N) is 1. The number of nitrogens with two attached hydrogens (primary N) is 1. The van der Waals surface area contributed by atoms with Crippen LogP contribution >= 0.6 is 11.6 Å². The Balaban J connectivity index is 2.03. The van der Waals surface area contributed by atoms with E-state index in [-0.39, 0.29) is 11.5 Å². The van der Waals surface area contributed by atoms with Gasteiger partial charge >= 0.3 is 0 Å². The summed E-state index contributed by atoms with van der Waals surface area (Å²) < 4.78 is 4.29. The van der Waals surface area contributed by atoms with Crippen LogP contribution in [-0.2, 0) is 0 Å². The van der Waals surface area contributed by atoms with Gasteiger partial charge in [0, 0.05) is 10.6 Å². The first-order valence-electron chi connectivity index (χ1n) is 4.84. The predicted octanol–water partition coefficient (Wildman–Crippen LogP) is 1.07. The summed E-state index contributed by atoms with van der Waals surface area (Å²) in [5.74, 6) is -0.711. The molecule has 0 bridgehead atoms. The van der Waals surface area contributed by atoms with Crippen molar-refractivity contribution in [2.75, 3.05) is 5.73 Å². The second-order valence-corrected chi connectivity index (χ2v) is 3.63. The van der Waals surface area contributed by atoms with E-state index >= 15 is 0 Å². The molecule has 0 fully saturated rings. The van der Waals surface area contributed by atoms with Gasteiger partial charge in [0.25, 0.3) is 5.91 Å². The number of nitrogen functional groups attached to an aromatic ring is 1. The van der Waals surface area contributed by atoms with E-state index in [0.717, 1.165) is 0 Å². The second kappa shape index (κ2) is 5.28. The van der Waals surface area contributed by atoms with Crippen molar-refractivity contribution in [2.45, 2.75) is 0 Å². The predicted molar refractivity (Wildman–Crippen MR) is 65.2 cm³/mol. The number of hydrogen-bond acceptors (Lipinski definition) is 6. The molecular formula is C10H8ClN5O2. The van der Waals surface area contributed by atoms with Gasteiger partial charge in [-0.3, -0.25) is 4.79 Å². The van der Waals surface area contributed by atoms with Gasteiger partial charge in [0.1, 0.15) is 0 Å². The highest BCUT2D eigenvalue weighted by atomic mass is 35.5. The number of nitrogens with zero attached hydrogens (tertiary/aromatic N) is 3. The highest BCUT2D eigenvalue weighted by Gasteiger charge is 2.14. The number of rotatable bonds is 3. The number of aromatic nitrogens is 2. The van der Waals surface area contributed by atoms with Crippen molar-refractivity contribution in [1.82, 2.24) is 15.7 Å². The first-order valence-corrected chi connectivity index (χ1v) is 5.22. The van der Waals surface area contributed by atoms with Gasteiger partial charge in [-0.15, -0.1) is 0 Å². The maximum absolute atomic E-state index is 11.5. The van der Waals surface area contributed by atoms with Gasteiger partial charge in [-0.1, -0.05) is 29.8 Å². The molecule has 0 atom stereocenters. The van der Waals surface area contributed by atoms with Crippen LogP contribution < -0.4 is 11.2 Å². The van der Waals surface area contributed by atoms with E-state index in [1.165, 1.54) is 6.21 Å². The number of benzene rings is 1. The molecule has 0 unspecified atom stereocenters. The Bertz CT molecular complexity index is 595. The van der Waals surface area contributed by atoms with E-state index in [4.69, 9.17) is 17.3 Å². The fourth-order valence-corrected chi connectivity index (χ4v) is 1.33. The summed E-state index contributed by atoms with van der Waals surface area (Å²) in [5.41, 5.74) is 8.13. The number of carbonyl (C=O) groups excluding carboxylic acids is 1. The Morgan fingerprint density at radius 2 is 2.22 bits per heavy atom. The Morgan fingerprint density at radius 1 is 1.44 bits per heavy atom. The molecule has 0 saturated carbocycles. The van der Waals surface area contributed by atoms with Gasteiger partial charge < -0.3 is 5.73 Å². The van der Waals surface area contributed by atoms with Gasteiger partial charge in [-0.2, -0.15) is 5.10 Å². The Kier molecular flexibility index (Phi) is 3.54. The lowest BCUT2D eigenvalue weighted by molar-refractivity contribution is 0.0946. The van der Waals surface area contributed by atoms with E-state index < -0.39 is 5.91 Å². The van der Waals surface area contributed by atoms with E-state index in [2.05, 4.69) is 25.5 Å². The molecule has 7 nitrogen and oxygen atoms in total. The minimum absolute atomic E-state index is 0.0968. The maximum atomic E-state index is 11.5. The molecule has 2 rings (SSSR count). The SMILES string of the molecule is Nc1nonc1C(=O)N/N=C\c1ccccc1Cl. The summed E-state index contributed by atoms with van der Waals surface area (Å²) in [6.45, 7) is 0. The Morgan fingerprint density at radius 3 is 2.89 bits per heavy atom. The van der Waals surface area contributed by atoms with Crippen LogP contribution in [0.15, 0.2) is 34.0 Å². The molecule has 0 aliphatic rings. The lowest BCUT2D eigenvalue weighted by Crippen LogP contribution is -2.19. The molecule has 0 aliphatic carbocycles. The van der Waals surface area contributed by atoms with Gasteiger partial charge in [0.2, 0.25) is 11.5 Å². The minimum Gasteiger partial charge on any atom is -0.379 e. The summed E-state index contributed by atoms with van der Waals surface area (Å²) in [5, 5.41) is 10.9. The molecule has 1 amide bonds. The van der Waals surface area contributed by atoms with Crippen LogP contribution in [0.4, 0.5) is 5.82 Å². The van der Waals surface area contributed by atoms with Crippen molar-refractivity contribution in [3.05, 3.63) is 40.5 Å². The molecule has 92 valence electrons. The van der Waals surface area contributed by atoms with Crippen molar-refractivity contribution in [1.29, 1.82) is 0 Å². The lowest BCUT2D eigenvalue weighted by atomic mass is 10.2. The summed E-state index contributed by atoms with van der Waals surface area (Å²) in [6.07, 6.45) is 1.41. The van der Waals surface area contributed by atoms with Crippen molar-refractivity contribution in [3.63, 3.8) is 0 Å². The third-order valence-electron chi connectivity index (χ3n) is 2.00. The third kappa shape index (κ3) is 2.64. The number of halogens is 1. The van der Waals surface area contributed by atoms with Crippen LogP contribution in [0.5, 0.6) is 0 Å². The van der Waals surface area contributed by atoms with Crippen molar-refractivity contribution in [3.8, 4) is 0 Å². The van der Waals surface area contributed by atoms with Crippen LogP contribution in [0.3, 0.4) is 0 Å². The van der Waals surface area contributed by atoms with Crippen LogP contribution in [0.1, 0.15) is 16.1 Å². The molecule has 0 saturated heterocycles. The first kappa shape index (κ1) is 12.1. The lowest BCUT2D eigenvalue weighted by Gasteiger charge is -1.97. The van der Waals surface area contributed by atoms with Crippen LogP contribution in [0.2, 0.25) is 5.02 Å². The van der Waals surface area contributed by atoms with E-state index in [1.807, 2.05) is 0 Å². The molecule has 1 aromatic heterocycles. The average Bonchev–Trinajstić information content (AvgIpc) is 2.78. The number of hydrogen-bond donors (Lipinski definition) is 2. The van der Waals surface area contributed by atoms with Gasteiger partial charge in [0.15, 0.2) is 0 Å². The van der Waals surface area contributed by atoms with Gasteiger partial charge in [-0.25, -0.2) is 10.1 Å². The zero-order valence-electron chi connectivity index (χ0n) is 9.00. The molecule has 0 radical (unpaired) electrons. The fourth-order valence-electron chi connectivity index (χ4n) is 1.15. The molecule has 0 aliphatic heterocycles. The Labute approximate surface area is 107 Å². The molecule has 1 aromatic carbocycles. The molecule has 3 N–H and O–H groups in total. The van der Waals surface area contributed by atoms with Gasteiger partial charge in [0.05, 0.1) is 6.21 Å². The summed E-state index contributed by atoms with van der Waals surface area (Å²) in [6, 6.07) is 7.06. The van der Waals surface area contributed by atoms with E-state index in [9.17, 15) is 4.79 Å². The second-order valence-electron chi connectivity index (χ2n) is 3.22. The summed E-state index contributed by atoms with van der Waals surface area (Å²) in [7, 11) is 0. The van der Waals surface area contributed by atoms with Crippen LogP contribution in [0, 0.1) is 0 Å². The Hall–Kier alpha value is -2.41. The highest BCUT2D eigenvalue weighted by Crippen LogP contribution is 2.12. The summed E-state index contributed by atoms with van der Waals surface area (Å²) >= 11 is 5.90. The van der Waals surface area contributed by atoms with E-state index in [1.54, 1.807) is 24.3 Å². The zero-order valence-corrected chi connectivity index (χ0v) is 9.76. The normalized spacial score (nSPS) is 10.7. The number of carbonyl (C=O) groups is 1. The largest absolute Gasteiger partial charge is 0.379 e. The van der Waals surface area contributed by atoms with Gasteiger partial charge in [-0.05, 0) is 16.4 Å². The third-order valence-corrected chi connectivity index (χ3v) is 2.35. The number of amides is 1. The molecular weight excluding hydrogens is 258 g/mol. The highest BCUT2D eigenvalue weighted by molar-refractivity contribution is 6.33. The van der Waals surface area contributed by atoms with Crippen LogP contribution in [0.25, 0.3) is 0 Å². The summed E-state index contributed by atoms with van der Waals surface area (Å²) in [4.78, 5) is 11.5. The fraction of sp³-hybridized carbons (Fsp3) is 0. The van der Waals surface area contributed by atoms with Crippen LogP contribution in [-0.4, -0.2) is 22.4 Å². The monoisotopic (exact) mass is 265 g/mol. The topological polar surface area (TPSA) is 106 Å². The smallest absolute Gasteiger partial charge is 0.297 e. The quantitative estimate of drug-likeness (QED) is 0.638.